The highest BCUT2D eigenvalue weighted by Gasteiger charge is 2.23. The molecule has 0 spiro atoms. The number of thiophene rings is 1. The normalized spacial score (nSPS) is 11.2. The molecule has 11 aromatic rings. The molecular formula is C60H41NS. The molecule has 292 valence electrons. The molecule has 0 radical (unpaired) electrons. The van der Waals surface area contributed by atoms with E-state index in [-0.39, 0.29) is 0 Å². The number of nitrogens with zero attached hydrogens (tertiary/aromatic N) is 1. The molecule has 62 heavy (non-hydrogen) atoms. The van der Waals surface area contributed by atoms with Crippen molar-refractivity contribution < 1.29 is 0 Å². The van der Waals surface area contributed by atoms with Crippen molar-refractivity contribution in [1.82, 2.24) is 0 Å². The number of hydrogen-bond donors (Lipinski definition) is 0. The van der Waals surface area contributed by atoms with E-state index in [1.165, 1.54) is 81.4 Å². The van der Waals surface area contributed by atoms with Crippen LogP contribution in [0.5, 0.6) is 0 Å². The van der Waals surface area contributed by atoms with Gasteiger partial charge in [-0.15, -0.1) is 11.3 Å². The van der Waals surface area contributed by atoms with Crippen LogP contribution < -0.4 is 4.90 Å². The van der Waals surface area contributed by atoms with Crippen LogP contribution in [-0.2, 0) is 0 Å². The van der Waals surface area contributed by atoms with E-state index in [1.807, 2.05) is 11.3 Å². The Bertz CT molecular complexity index is 3270. The molecule has 0 aliphatic rings. The molecule has 0 aliphatic heterocycles. The average Bonchev–Trinajstić information content (AvgIpc) is 3.75. The van der Waals surface area contributed by atoms with E-state index in [2.05, 4.69) is 254 Å². The van der Waals surface area contributed by atoms with E-state index >= 15 is 0 Å². The fourth-order valence-electron chi connectivity index (χ4n) is 8.94. The monoisotopic (exact) mass is 807 g/mol. The maximum absolute atomic E-state index is 2.48. The van der Waals surface area contributed by atoms with Crippen LogP contribution in [0.1, 0.15) is 0 Å². The van der Waals surface area contributed by atoms with Crippen molar-refractivity contribution in [2.75, 3.05) is 4.90 Å². The van der Waals surface area contributed by atoms with Crippen LogP contribution in [0, 0.1) is 0 Å². The van der Waals surface area contributed by atoms with Gasteiger partial charge in [0, 0.05) is 26.7 Å². The number of anilines is 3. The highest BCUT2D eigenvalue weighted by Crippen LogP contribution is 2.49. The zero-order valence-corrected chi connectivity index (χ0v) is 34.8. The Morgan fingerprint density at radius 3 is 1.29 bits per heavy atom. The van der Waals surface area contributed by atoms with Gasteiger partial charge in [0.25, 0.3) is 0 Å². The molecular weight excluding hydrogens is 767 g/mol. The van der Waals surface area contributed by atoms with Gasteiger partial charge in [-0.25, -0.2) is 0 Å². The maximum Gasteiger partial charge on any atom is 0.0640 e. The third kappa shape index (κ3) is 6.97. The summed E-state index contributed by atoms with van der Waals surface area (Å²) in [5, 5.41) is 2.55. The molecule has 11 rings (SSSR count). The second-order valence-corrected chi connectivity index (χ2v) is 16.7. The van der Waals surface area contributed by atoms with Crippen molar-refractivity contribution in [3.05, 3.63) is 249 Å². The summed E-state index contributed by atoms with van der Waals surface area (Å²) < 4.78 is 2.55. The van der Waals surface area contributed by atoms with Crippen LogP contribution in [-0.4, -0.2) is 0 Å². The van der Waals surface area contributed by atoms with E-state index in [4.69, 9.17) is 0 Å². The highest BCUT2D eigenvalue weighted by molar-refractivity contribution is 7.26. The summed E-state index contributed by atoms with van der Waals surface area (Å²) in [6.07, 6.45) is 0. The predicted molar refractivity (Wildman–Crippen MR) is 267 cm³/mol. The Balaban J connectivity index is 1.10. The molecule has 0 saturated heterocycles. The summed E-state index contributed by atoms with van der Waals surface area (Å²) in [5.41, 5.74) is 17.7. The molecule has 0 unspecified atom stereocenters. The lowest BCUT2D eigenvalue weighted by atomic mass is 9.88. The van der Waals surface area contributed by atoms with Crippen LogP contribution in [0.2, 0.25) is 0 Å². The molecule has 1 heterocycles. The van der Waals surface area contributed by atoms with Crippen molar-refractivity contribution in [2.45, 2.75) is 0 Å². The van der Waals surface area contributed by atoms with Gasteiger partial charge in [-0.05, 0) is 110 Å². The topological polar surface area (TPSA) is 3.24 Å². The fourth-order valence-corrected chi connectivity index (χ4v) is 10.2. The largest absolute Gasteiger partial charge is 0.308 e. The van der Waals surface area contributed by atoms with E-state index in [0.717, 1.165) is 22.6 Å². The lowest BCUT2D eigenvalue weighted by Crippen LogP contribution is -2.11. The van der Waals surface area contributed by atoms with Crippen molar-refractivity contribution in [1.29, 1.82) is 0 Å². The third-order valence-corrected chi connectivity index (χ3v) is 13.1. The number of rotatable bonds is 9. The highest BCUT2D eigenvalue weighted by atomic mass is 32.1. The van der Waals surface area contributed by atoms with Crippen LogP contribution in [0.15, 0.2) is 249 Å². The summed E-state index contributed by atoms with van der Waals surface area (Å²) in [6.45, 7) is 0. The van der Waals surface area contributed by atoms with Crippen LogP contribution in [0.25, 0.3) is 86.9 Å². The van der Waals surface area contributed by atoms with Gasteiger partial charge >= 0.3 is 0 Å². The van der Waals surface area contributed by atoms with Crippen LogP contribution in [0.3, 0.4) is 0 Å². The summed E-state index contributed by atoms with van der Waals surface area (Å²) in [4.78, 5) is 2.48. The molecule has 0 fully saturated rings. The van der Waals surface area contributed by atoms with Crippen molar-refractivity contribution in [2.24, 2.45) is 0 Å². The number of para-hydroxylation sites is 1. The van der Waals surface area contributed by atoms with Crippen molar-refractivity contribution in [3.8, 4) is 66.8 Å². The summed E-state index contributed by atoms with van der Waals surface area (Å²) >= 11 is 1.86. The molecule has 0 saturated carbocycles. The Morgan fingerprint density at radius 1 is 0.258 bits per heavy atom. The van der Waals surface area contributed by atoms with E-state index < -0.39 is 0 Å². The second kappa shape index (κ2) is 16.3. The quantitative estimate of drug-likeness (QED) is 0.140. The first-order valence-electron chi connectivity index (χ1n) is 21.2. The second-order valence-electron chi connectivity index (χ2n) is 15.6. The van der Waals surface area contributed by atoms with Gasteiger partial charge in [-0.3, -0.25) is 0 Å². The van der Waals surface area contributed by atoms with Gasteiger partial charge in [0.2, 0.25) is 0 Å². The average molecular weight is 808 g/mol. The van der Waals surface area contributed by atoms with Gasteiger partial charge in [0.05, 0.1) is 16.1 Å². The Kier molecular flexibility index (Phi) is 9.82. The zero-order chi connectivity index (χ0) is 41.2. The van der Waals surface area contributed by atoms with Gasteiger partial charge in [-0.2, -0.15) is 0 Å². The van der Waals surface area contributed by atoms with Gasteiger partial charge < -0.3 is 4.90 Å². The standard InChI is InChI=1S/C60H41NS/c1-4-19-42(20-5-1)46-39-47(43-21-6-2-7-22-43)41-48(40-46)44-35-37-49(38-36-44)61(58-33-18-31-56-55-30-15-17-34-59(55)62-60(56)58)57-32-16-14-29-54(57)53-28-13-12-27-52(53)51-26-11-10-25-50(51)45-23-8-3-9-24-45/h1-41H. The number of hydrogen-bond acceptors (Lipinski definition) is 2. The molecule has 0 atom stereocenters. The Morgan fingerprint density at radius 2 is 0.677 bits per heavy atom. The van der Waals surface area contributed by atoms with Gasteiger partial charge in [0.1, 0.15) is 0 Å². The van der Waals surface area contributed by atoms with Crippen LogP contribution >= 0.6 is 11.3 Å². The smallest absolute Gasteiger partial charge is 0.0640 e. The molecule has 1 nitrogen and oxygen atoms in total. The first-order valence-corrected chi connectivity index (χ1v) is 22.0. The molecule has 2 heteroatoms. The molecule has 0 N–H and O–H groups in total. The minimum atomic E-state index is 1.09. The molecule has 1 aromatic heterocycles. The Hall–Kier alpha value is -7.78. The van der Waals surface area contributed by atoms with Crippen molar-refractivity contribution >= 4 is 48.6 Å². The lowest BCUT2D eigenvalue weighted by Gasteiger charge is -2.29. The van der Waals surface area contributed by atoms with E-state index in [1.54, 1.807) is 0 Å². The maximum atomic E-state index is 2.48. The van der Waals surface area contributed by atoms with Crippen molar-refractivity contribution in [3.63, 3.8) is 0 Å². The number of fused-ring (bicyclic) bond motifs is 3. The van der Waals surface area contributed by atoms with Gasteiger partial charge in [-0.1, -0.05) is 200 Å². The minimum absolute atomic E-state index is 1.09. The Labute approximate surface area is 367 Å². The third-order valence-electron chi connectivity index (χ3n) is 11.9. The van der Waals surface area contributed by atoms with E-state index in [9.17, 15) is 0 Å². The minimum Gasteiger partial charge on any atom is -0.308 e. The van der Waals surface area contributed by atoms with Gasteiger partial charge in [0.15, 0.2) is 0 Å². The first kappa shape index (κ1) is 37.2. The number of benzene rings is 10. The molecule has 0 aliphatic carbocycles. The summed E-state index contributed by atoms with van der Waals surface area (Å²) in [5.74, 6) is 0. The summed E-state index contributed by atoms with van der Waals surface area (Å²) in [6, 6.07) is 90.4. The summed E-state index contributed by atoms with van der Waals surface area (Å²) in [7, 11) is 0. The van der Waals surface area contributed by atoms with Crippen LogP contribution in [0.4, 0.5) is 17.1 Å². The molecule has 10 aromatic carbocycles. The first-order chi connectivity index (χ1) is 30.8. The zero-order valence-electron chi connectivity index (χ0n) is 34.0. The lowest BCUT2D eigenvalue weighted by molar-refractivity contribution is 1.30. The predicted octanol–water partition coefficient (Wildman–Crippen LogP) is 17.5. The van der Waals surface area contributed by atoms with E-state index in [0.29, 0.717) is 0 Å². The molecule has 0 bridgehead atoms. The SMILES string of the molecule is c1ccc(-c2cc(-c3ccccc3)cc(-c3ccc(N(c4ccccc4-c4ccccc4-c4ccccc4-c4ccccc4)c4cccc5c4sc4ccccc45)cc3)c2)cc1. The fraction of sp³-hybridized carbons (Fsp3) is 0. The molecule has 0 amide bonds.